The molecule has 0 saturated carbocycles. The van der Waals surface area contributed by atoms with Crippen molar-refractivity contribution in [2.45, 2.75) is 0 Å². The van der Waals surface area contributed by atoms with Crippen LogP contribution in [0.5, 0.6) is 0 Å². The van der Waals surface area contributed by atoms with E-state index in [0.717, 1.165) is 77.7 Å². The monoisotopic (exact) mass is 642 g/mol. The summed E-state index contributed by atoms with van der Waals surface area (Å²) in [6.07, 6.45) is 0. The first kappa shape index (κ1) is 28.1. The third-order valence-electron chi connectivity index (χ3n) is 9.15. The highest BCUT2D eigenvalue weighted by Gasteiger charge is 2.20. The Kier molecular flexibility index (Phi) is 6.39. The largest absolute Gasteiger partial charge is 0.452 e. The first-order valence-electron chi connectivity index (χ1n) is 16.5. The Morgan fingerprint density at radius 2 is 0.660 bits per heavy atom. The lowest BCUT2D eigenvalue weighted by Crippen LogP contribution is -1.94. The Morgan fingerprint density at radius 3 is 1.16 bits per heavy atom. The topological polar surface area (TPSA) is 77.8 Å². The van der Waals surface area contributed by atoms with E-state index in [2.05, 4.69) is 60.7 Å². The van der Waals surface area contributed by atoms with Gasteiger partial charge in [0.25, 0.3) is 0 Å². The maximum atomic E-state index is 6.34. The fourth-order valence-corrected chi connectivity index (χ4v) is 6.65. The van der Waals surface area contributed by atoms with Crippen LogP contribution in [-0.4, -0.2) is 19.9 Å². The van der Waals surface area contributed by atoms with Gasteiger partial charge in [0, 0.05) is 33.0 Å². The molecule has 4 heterocycles. The summed E-state index contributed by atoms with van der Waals surface area (Å²) in [5, 5.41) is 1.94. The van der Waals surface area contributed by atoms with E-state index in [1.165, 1.54) is 0 Å². The van der Waals surface area contributed by atoms with Crippen molar-refractivity contribution in [2.75, 3.05) is 0 Å². The van der Waals surface area contributed by atoms with Gasteiger partial charge in [-0.15, -0.1) is 0 Å². The first-order chi connectivity index (χ1) is 24.8. The molecule has 6 nitrogen and oxygen atoms in total. The van der Waals surface area contributed by atoms with Gasteiger partial charge in [-0.3, -0.25) is 0 Å². The second-order valence-corrected chi connectivity index (χ2v) is 12.2. The van der Waals surface area contributed by atoms with Crippen LogP contribution in [0.25, 0.3) is 101 Å². The Labute approximate surface area is 286 Å². The Morgan fingerprint density at radius 1 is 0.300 bits per heavy atom. The predicted molar refractivity (Wildman–Crippen MR) is 199 cm³/mol. The molecule has 0 fully saturated rings. The van der Waals surface area contributed by atoms with Gasteiger partial charge in [0.1, 0.15) is 33.6 Å². The molecular formula is C44H26N4O2. The molecule has 10 rings (SSSR count). The SMILES string of the molecule is c1ccc(-c2nc(-c3ccc(-c4ccc(-c5nc(-c6ccccc6)c6oc7ccccc7c6n5)cc4)cc3)c3oc4ccccc4c3n2)cc1. The van der Waals surface area contributed by atoms with Crippen molar-refractivity contribution in [2.24, 2.45) is 0 Å². The van der Waals surface area contributed by atoms with E-state index in [1.54, 1.807) is 0 Å². The Hall–Kier alpha value is -6.92. The third kappa shape index (κ3) is 4.65. The molecule has 10 aromatic rings. The van der Waals surface area contributed by atoms with E-state index in [1.807, 2.05) is 97.1 Å². The molecule has 0 radical (unpaired) electrons. The van der Waals surface area contributed by atoms with Gasteiger partial charge in [0.2, 0.25) is 0 Å². The van der Waals surface area contributed by atoms with E-state index < -0.39 is 0 Å². The molecule has 50 heavy (non-hydrogen) atoms. The molecule has 0 amide bonds. The minimum atomic E-state index is 0.651. The lowest BCUT2D eigenvalue weighted by molar-refractivity contribution is 0.667. The van der Waals surface area contributed by atoms with E-state index in [9.17, 15) is 0 Å². The number of hydrogen-bond donors (Lipinski definition) is 0. The minimum Gasteiger partial charge on any atom is -0.452 e. The smallest absolute Gasteiger partial charge is 0.180 e. The van der Waals surface area contributed by atoms with Crippen molar-refractivity contribution in [3.63, 3.8) is 0 Å². The molecule has 0 N–H and O–H groups in total. The molecule has 4 aromatic heterocycles. The average Bonchev–Trinajstić information content (AvgIpc) is 3.77. The van der Waals surface area contributed by atoms with Crippen LogP contribution < -0.4 is 0 Å². The van der Waals surface area contributed by atoms with E-state index in [-0.39, 0.29) is 0 Å². The van der Waals surface area contributed by atoms with Crippen LogP contribution in [-0.2, 0) is 0 Å². The van der Waals surface area contributed by atoms with E-state index in [0.29, 0.717) is 22.8 Å². The summed E-state index contributed by atoms with van der Waals surface area (Å²) in [6.45, 7) is 0. The number of para-hydroxylation sites is 2. The standard InChI is InChI=1S/C44H26N4O2/c1-3-11-29(12-4-1)37-41-39(33-15-7-9-17-35(33)49-41)48-44(45-37)32-25-21-28(22-26-32)27-19-23-30(24-20-27)38-42-40(34-16-8-10-18-36(34)50-42)47-43(46-38)31-13-5-2-6-14-31/h1-26H. The molecule has 0 atom stereocenters. The summed E-state index contributed by atoms with van der Waals surface area (Å²) >= 11 is 0. The average molecular weight is 643 g/mol. The van der Waals surface area contributed by atoms with Gasteiger partial charge < -0.3 is 8.83 Å². The summed E-state index contributed by atoms with van der Waals surface area (Å²) in [7, 11) is 0. The Bertz CT molecular complexity index is 2840. The Balaban J connectivity index is 1.03. The van der Waals surface area contributed by atoms with Crippen LogP contribution in [0.1, 0.15) is 0 Å². The highest BCUT2D eigenvalue weighted by molar-refractivity contribution is 6.08. The molecular weight excluding hydrogens is 617 g/mol. The lowest BCUT2D eigenvalue weighted by atomic mass is 10.0. The number of nitrogens with zero attached hydrogens (tertiary/aromatic N) is 4. The third-order valence-corrected chi connectivity index (χ3v) is 9.15. The second kappa shape index (κ2) is 11.4. The fraction of sp³-hybridized carbons (Fsp3) is 0. The van der Waals surface area contributed by atoms with Crippen molar-refractivity contribution in [1.82, 2.24) is 19.9 Å². The summed E-state index contributed by atoms with van der Waals surface area (Å²) in [4.78, 5) is 20.0. The van der Waals surface area contributed by atoms with Crippen LogP contribution in [0.4, 0.5) is 0 Å². The molecule has 6 aromatic carbocycles. The van der Waals surface area contributed by atoms with Crippen molar-refractivity contribution >= 4 is 44.1 Å². The van der Waals surface area contributed by atoms with Crippen molar-refractivity contribution in [1.29, 1.82) is 0 Å². The molecule has 0 aliphatic carbocycles. The highest BCUT2D eigenvalue weighted by Crippen LogP contribution is 2.38. The molecule has 0 unspecified atom stereocenters. The maximum Gasteiger partial charge on any atom is 0.180 e. The number of hydrogen-bond acceptors (Lipinski definition) is 6. The van der Waals surface area contributed by atoms with Crippen LogP contribution in [0.15, 0.2) is 167 Å². The number of aromatic nitrogens is 4. The van der Waals surface area contributed by atoms with Gasteiger partial charge in [0.15, 0.2) is 22.8 Å². The van der Waals surface area contributed by atoms with Gasteiger partial charge in [-0.1, -0.05) is 133 Å². The van der Waals surface area contributed by atoms with Crippen LogP contribution >= 0.6 is 0 Å². The molecule has 6 heteroatoms. The van der Waals surface area contributed by atoms with Gasteiger partial charge in [-0.25, -0.2) is 19.9 Å². The zero-order valence-electron chi connectivity index (χ0n) is 26.6. The number of fused-ring (bicyclic) bond motifs is 6. The molecule has 0 spiro atoms. The minimum absolute atomic E-state index is 0.651. The van der Waals surface area contributed by atoms with Gasteiger partial charge in [0.05, 0.1) is 0 Å². The zero-order valence-corrected chi connectivity index (χ0v) is 26.6. The van der Waals surface area contributed by atoms with Crippen molar-refractivity contribution in [3.05, 3.63) is 158 Å². The fourth-order valence-electron chi connectivity index (χ4n) is 6.65. The van der Waals surface area contributed by atoms with Crippen molar-refractivity contribution in [3.8, 4) is 56.4 Å². The quantitative estimate of drug-likeness (QED) is 0.186. The van der Waals surface area contributed by atoms with Crippen LogP contribution in [0.3, 0.4) is 0 Å². The molecule has 234 valence electrons. The van der Waals surface area contributed by atoms with Gasteiger partial charge >= 0.3 is 0 Å². The summed E-state index contributed by atoms with van der Waals surface area (Å²) in [5.74, 6) is 1.32. The molecule has 0 saturated heterocycles. The van der Waals surface area contributed by atoms with Gasteiger partial charge in [-0.2, -0.15) is 0 Å². The summed E-state index contributed by atoms with van der Waals surface area (Å²) in [5.41, 5.74) is 12.1. The highest BCUT2D eigenvalue weighted by atomic mass is 16.3. The molecule has 0 bridgehead atoms. The van der Waals surface area contributed by atoms with Crippen LogP contribution in [0.2, 0.25) is 0 Å². The van der Waals surface area contributed by atoms with E-state index in [4.69, 9.17) is 28.8 Å². The van der Waals surface area contributed by atoms with Gasteiger partial charge in [-0.05, 0) is 35.4 Å². The number of rotatable bonds is 5. The van der Waals surface area contributed by atoms with Crippen LogP contribution in [0, 0.1) is 0 Å². The predicted octanol–water partition coefficient (Wildman–Crippen LogP) is 11.4. The first-order valence-corrected chi connectivity index (χ1v) is 16.5. The number of benzene rings is 6. The normalized spacial score (nSPS) is 11.6. The zero-order chi connectivity index (χ0) is 33.0. The van der Waals surface area contributed by atoms with Crippen molar-refractivity contribution < 1.29 is 8.83 Å². The maximum absolute atomic E-state index is 6.34. The second-order valence-electron chi connectivity index (χ2n) is 12.2. The molecule has 0 aliphatic heterocycles. The lowest BCUT2D eigenvalue weighted by Gasteiger charge is -2.09. The van der Waals surface area contributed by atoms with E-state index >= 15 is 0 Å². The summed E-state index contributed by atoms with van der Waals surface area (Å²) < 4.78 is 12.6. The number of furan rings is 2. The molecule has 0 aliphatic rings. The summed E-state index contributed by atoms with van der Waals surface area (Å²) in [6, 6.07) is 53.0.